The highest BCUT2D eigenvalue weighted by Gasteiger charge is 2.26. The lowest BCUT2D eigenvalue weighted by molar-refractivity contribution is -0.870. The molecule has 0 amide bonds. The molecule has 2 unspecified atom stereocenters. The predicted molar refractivity (Wildman–Crippen MR) is 187 cm³/mol. The second-order valence-corrected chi connectivity index (χ2v) is 15.4. The molecule has 0 aliphatic heterocycles. The van der Waals surface area contributed by atoms with Crippen molar-refractivity contribution in [2.45, 2.75) is 174 Å². The average Bonchev–Trinajstić information content (AvgIpc) is 2.98. The number of ether oxygens (including phenoxy) is 2. The van der Waals surface area contributed by atoms with Crippen molar-refractivity contribution in [3.63, 3.8) is 0 Å². The minimum Gasteiger partial charge on any atom is -0.457 e. The highest BCUT2D eigenvalue weighted by atomic mass is 31.2. The standard InChI is InChI=1S/C36H74NO7P/c1-6-8-10-12-14-16-17-18-19-20-21-23-25-27-29-36(38)44-35(34-43-45(39,40)42-32-30-37(3,4)5)33-41-31-28-26-24-22-15-13-11-9-7-2/h35H,6-34H2,1-5H3/p+1. The van der Waals surface area contributed by atoms with Gasteiger partial charge < -0.3 is 18.9 Å². The maximum atomic E-state index is 12.6. The number of carbonyl (C=O) groups is 1. The third-order valence-corrected chi connectivity index (χ3v) is 9.15. The van der Waals surface area contributed by atoms with Crippen molar-refractivity contribution in [1.82, 2.24) is 0 Å². The van der Waals surface area contributed by atoms with Gasteiger partial charge in [-0.05, 0) is 12.8 Å². The van der Waals surface area contributed by atoms with E-state index in [2.05, 4.69) is 13.8 Å². The third-order valence-electron chi connectivity index (χ3n) is 8.17. The Morgan fingerprint density at radius 2 is 1.02 bits per heavy atom. The van der Waals surface area contributed by atoms with Crippen molar-refractivity contribution in [2.24, 2.45) is 0 Å². The Kier molecular flexibility index (Phi) is 30.5. The first-order valence-corrected chi connectivity index (χ1v) is 20.3. The SMILES string of the molecule is CCCCCCCCCCCCCCCCC(=O)OC(COCCCCCCCCCCC)COP(=O)(O)OCC[N+](C)(C)C. The molecule has 0 saturated carbocycles. The Balaban J connectivity index is 4.26. The Morgan fingerprint density at radius 3 is 1.47 bits per heavy atom. The van der Waals surface area contributed by atoms with E-state index in [1.807, 2.05) is 21.1 Å². The number of carbonyl (C=O) groups excluding carboxylic acids is 1. The molecule has 0 aromatic rings. The molecule has 0 aliphatic rings. The smallest absolute Gasteiger partial charge is 0.457 e. The van der Waals surface area contributed by atoms with Gasteiger partial charge in [0.1, 0.15) is 19.3 Å². The van der Waals surface area contributed by atoms with Gasteiger partial charge in [-0.3, -0.25) is 13.8 Å². The molecule has 0 spiro atoms. The van der Waals surface area contributed by atoms with Crippen molar-refractivity contribution in [1.29, 1.82) is 0 Å². The van der Waals surface area contributed by atoms with Crippen LogP contribution in [0.3, 0.4) is 0 Å². The highest BCUT2D eigenvalue weighted by Crippen LogP contribution is 2.43. The van der Waals surface area contributed by atoms with E-state index in [-0.39, 0.29) is 25.8 Å². The van der Waals surface area contributed by atoms with Crippen LogP contribution in [0.4, 0.5) is 0 Å². The number of rotatable bonds is 35. The van der Waals surface area contributed by atoms with Crippen LogP contribution in [0.1, 0.15) is 168 Å². The summed E-state index contributed by atoms with van der Waals surface area (Å²) < 4.78 is 34.8. The Hall–Kier alpha value is -0.500. The average molecular weight is 665 g/mol. The van der Waals surface area contributed by atoms with E-state index in [4.69, 9.17) is 18.5 Å². The van der Waals surface area contributed by atoms with Gasteiger partial charge in [0.25, 0.3) is 0 Å². The third kappa shape index (κ3) is 34.6. The lowest BCUT2D eigenvalue weighted by atomic mass is 10.0. The van der Waals surface area contributed by atoms with Gasteiger partial charge in [0.2, 0.25) is 0 Å². The van der Waals surface area contributed by atoms with E-state index >= 15 is 0 Å². The summed E-state index contributed by atoms with van der Waals surface area (Å²) in [4.78, 5) is 22.7. The van der Waals surface area contributed by atoms with Gasteiger partial charge in [-0.15, -0.1) is 0 Å². The van der Waals surface area contributed by atoms with E-state index in [9.17, 15) is 14.3 Å². The number of phosphoric ester groups is 1. The van der Waals surface area contributed by atoms with E-state index in [1.165, 1.54) is 116 Å². The molecule has 0 heterocycles. The largest absolute Gasteiger partial charge is 0.472 e. The molecule has 1 N–H and O–H groups in total. The lowest BCUT2D eigenvalue weighted by Gasteiger charge is -2.24. The van der Waals surface area contributed by atoms with Crippen LogP contribution in [0, 0.1) is 0 Å². The summed E-state index contributed by atoms with van der Waals surface area (Å²) in [5.74, 6) is -0.312. The zero-order valence-electron chi connectivity index (χ0n) is 30.4. The summed E-state index contributed by atoms with van der Waals surface area (Å²) in [6.07, 6.45) is 28.3. The topological polar surface area (TPSA) is 91.3 Å². The fourth-order valence-corrected chi connectivity index (χ4v) is 5.94. The van der Waals surface area contributed by atoms with E-state index < -0.39 is 13.9 Å². The molecule has 0 aromatic heterocycles. The van der Waals surface area contributed by atoms with Crippen LogP contribution in [0.25, 0.3) is 0 Å². The first-order valence-electron chi connectivity index (χ1n) is 18.8. The lowest BCUT2D eigenvalue weighted by Crippen LogP contribution is -2.37. The zero-order chi connectivity index (χ0) is 33.5. The van der Waals surface area contributed by atoms with Crippen molar-refractivity contribution < 1.29 is 37.3 Å². The summed E-state index contributed by atoms with van der Waals surface area (Å²) in [6, 6.07) is 0. The fraction of sp³-hybridized carbons (Fsp3) is 0.972. The predicted octanol–water partition coefficient (Wildman–Crippen LogP) is 10.2. The maximum Gasteiger partial charge on any atom is 0.472 e. The molecule has 0 saturated heterocycles. The van der Waals surface area contributed by atoms with E-state index in [0.29, 0.717) is 24.1 Å². The summed E-state index contributed by atoms with van der Waals surface area (Å²) >= 11 is 0. The molecule has 0 bridgehead atoms. The maximum absolute atomic E-state index is 12.6. The number of hydrogen-bond donors (Lipinski definition) is 1. The van der Waals surface area contributed by atoms with Gasteiger partial charge in [-0.25, -0.2) is 4.57 Å². The highest BCUT2D eigenvalue weighted by molar-refractivity contribution is 7.47. The number of unbranched alkanes of at least 4 members (excludes halogenated alkanes) is 21. The van der Waals surface area contributed by atoms with E-state index in [0.717, 1.165) is 32.1 Å². The fourth-order valence-electron chi connectivity index (χ4n) is 5.20. The minimum atomic E-state index is -4.25. The van der Waals surface area contributed by atoms with Gasteiger partial charge in [-0.1, -0.05) is 149 Å². The van der Waals surface area contributed by atoms with Crippen LogP contribution in [-0.4, -0.2) is 75.6 Å². The molecule has 0 rings (SSSR count). The summed E-state index contributed by atoms with van der Waals surface area (Å²) in [5, 5.41) is 0. The first kappa shape index (κ1) is 44.5. The van der Waals surface area contributed by atoms with Crippen LogP contribution >= 0.6 is 7.82 Å². The number of esters is 1. The van der Waals surface area contributed by atoms with Crippen molar-refractivity contribution in [3.05, 3.63) is 0 Å². The van der Waals surface area contributed by atoms with Gasteiger partial charge in [0.05, 0.1) is 34.4 Å². The number of likely N-dealkylation sites (N-methyl/N-ethyl adjacent to an activating group) is 1. The second kappa shape index (κ2) is 30.8. The molecule has 8 nitrogen and oxygen atoms in total. The van der Waals surface area contributed by atoms with Gasteiger partial charge >= 0.3 is 13.8 Å². The quantitative estimate of drug-likeness (QED) is 0.0312. The number of quaternary nitrogens is 1. The molecular weight excluding hydrogens is 589 g/mol. The van der Waals surface area contributed by atoms with Crippen LogP contribution in [0.2, 0.25) is 0 Å². The van der Waals surface area contributed by atoms with Crippen molar-refractivity contribution in [3.8, 4) is 0 Å². The number of hydrogen-bond acceptors (Lipinski definition) is 6. The minimum absolute atomic E-state index is 0.0932. The molecule has 0 aliphatic carbocycles. The van der Waals surface area contributed by atoms with Crippen LogP contribution < -0.4 is 0 Å². The number of phosphoric acid groups is 1. The molecule has 0 fully saturated rings. The molecule has 270 valence electrons. The van der Waals surface area contributed by atoms with E-state index in [1.54, 1.807) is 0 Å². The van der Waals surface area contributed by atoms with Crippen molar-refractivity contribution in [2.75, 3.05) is 54.1 Å². The summed E-state index contributed by atoms with van der Waals surface area (Å²) in [5.41, 5.74) is 0. The molecule has 45 heavy (non-hydrogen) atoms. The molecule has 2 atom stereocenters. The second-order valence-electron chi connectivity index (χ2n) is 14.0. The van der Waals surface area contributed by atoms with Crippen LogP contribution in [0.15, 0.2) is 0 Å². The van der Waals surface area contributed by atoms with Crippen molar-refractivity contribution >= 4 is 13.8 Å². The molecule has 9 heteroatoms. The van der Waals surface area contributed by atoms with Gasteiger partial charge in [0, 0.05) is 13.0 Å². The van der Waals surface area contributed by atoms with Crippen LogP contribution in [-0.2, 0) is 27.9 Å². The molecule has 0 aromatic carbocycles. The number of nitrogens with zero attached hydrogens (tertiary/aromatic N) is 1. The monoisotopic (exact) mass is 665 g/mol. The molecule has 0 radical (unpaired) electrons. The Labute approximate surface area is 278 Å². The summed E-state index contributed by atoms with van der Waals surface area (Å²) in [7, 11) is 1.68. The Morgan fingerprint density at radius 1 is 0.600 bits per heavy atom. The Bertz CT molecular complexity index is 701. The summed E-state index contributed by atoms with van der Waals surface area (Å²) in [6.45, 7) is 5.63. The normalized spacial score (nSPS) is 14.0. The first-order chi connectivity index (χ1) is 21.6. The van der Waals surface area contributed by atoms with Gasteiger partial charge in [0.15, 0.2) is 0 Å². The van der Waals surface area contributed by atoms with Gasteiger partial charge in [-0.2, -0.15) is 0 Å². The molecular formula is C36H75NO7P+. The van der Waals surface area contributed by atoms with Crippen LogP contribution in [0.5, 0.6) is 0 Å². The zero-order valence-corrected chi connectivity index (χ0v) is 31.3.